The Hall–Kier alpha value is -3.16. The Bertz CT molecular complexity index is 942. The van der Waals surface area contributed by atoms with E-state index in [1.165, 1.54) is 12.4 Å². The lowest BCUT2D eigenvalue weighted by atomic mass is 10.0. The molecule has 0 aromatic carbocycles. The average molecular weight is 382 g/mol. The van der Waals surface area contributed by atoms with Gasteiger partial charge in [-0.25, -0.2) is 19.9 Å². The van der Waals surface area contributed by atoms with Crippen molar-refractivity contribution in [3.05, 3.63) is 59.8 Å². The number of carbonyl (C=O) groups is 1. The first-order valence-electron chi connectivity index (χ1n) is 9.30. The molecule has 3 aromatic rings. The third-order valence-electron chi connectivity index (χ3n) is 4.55. The molecule has 0 aliphatic rings. The summed E-state index contributed by atoms with van der Waals surface area (Å²) in [6.45, 7) is 4.63. The molecule has 8 heteroatoms. The number of aryl methyl sites for hydroxylation is 2. The summed E-state index contributed by atoms with van der Waals surface area (Å²) < 4.78 is 15.4. The Morgan fingerprint density at radius 1 is 1.25 bits per heavy atom. The van der Waals surface area contributed by atoms with E-state index in [2.05, 4.69) is 32.2 Å². The zero-order valence-corrected chi connectivity index (χ0v) is 16.0. The molecule has 1 N–H and O–H groups in total. The standard InChI is InChI=1S/C20H23FN6O/c1-3-5-15-16(23-12-24-19(15)14(2)25-13-28)8-10-27-11-9-22-20(27)17-6-4-7-18(21)26-17/h4,6-7,9,11-14H,3,5,8,10H2,1-2H3,(H,25,28). The Morgan fingerprint density at radius 3 is 2.86 bits per heavy atom. The molecule has 3 aromatic heterocycles. The van der Waals surface area contributed by atoms with Crippen molar-refractivity contribution in [3.8, 4) is 11.5 Å². The lowest BCUT2D eigenvalue weighted by Gasteiger charge is -2.17. The largest absolute Gasteiger partial charge is 0.351 e. The van der Waals surface area contributed by atoms with E-state index in [-0.39, 0.29) is 6.04 Å². The van der Waals surface area contributed by atoms with Gasteiger partial charge in [-0.3, -0.25) is 4.79 Å². The van der Waals surface area contributed by atoms with E-state index in [9.17, 15) is 9.18 Å². The highest BCUT2D eigenvalue weighted by Gasteiger charge is 2.16. The Morgan fingerprint density at radius 2 is 2.11 bits per heavy atom. The first kappa shape index (κ1) is 19.6. The number of imidazole rings is 1. The molecule has 0 saturated heterocycles. The molecule has 1 unspecified atom stereocenters. The summed E-state index contributed by atoms with van der Waals surface area (Å²) in [6.07, 6.45) is 8.19. The van der Waals surface area contributed by atoms with Gasteiger partial charge in [-0.05, 0) is 31.0 Å². The third kappa shape index (κ3) is 4.39. The van der Waals surface area contributed by atoms with Gasteiger partial charge in [-0.2, -0.15) is 4.39 Å². The van der Waals surface area contributed by atoms with Crippen LogP contribution in [0.25, 0.3) is 11.5 Å². The van der Waals surface area contributed by atoms with Crippen LogP contribution in [0.15, 0.2) is 36.9 Å². The second-order valence-electron chi connectivity index (χ2n) is 6.48. The van der Waals surface area contributed by atoms with Crippen LogP contribution in [0.1, 0.15) is 43.3 Å². The lowest BCUT2D eigenvalue weighted by molar-refractivity contribution is -0.110. The summed E-state index contributed by atoms with van der Waals surface area (Å²) in [5, 5.41) is 2.76. The molecule has 1 atom stereocenters. The van der Waals surface area contributed by atoms with Gasteiger partial charge in [-0.1, -0.05) is 19.4 Å². The second-order valence-corrected chi connectivity index (χ2v) is 6.48. The summed E-state index contributed by atoms with van der Waals surface area (Å²) in [5.41, 5.74) is 3.35. The second kappa shape index (κ2) is 9.16. The number of hydrogen-bond donors (Lipinski definition) is 1. The molecule has 1 amide bonds. The van der Waals surface area contributed by atoms with E-state index < -0.39 is 5.95 Å². The van der Waals surface area contributed by atoms with Crippen molar-refractivity contribution in [2.24, 2.45) is 0 Å². The molecule has 7 nitrogen and oxygen atoms in total. The van der Waals surface area contributed by atoms with Crippen molar-refractivity contribution in [2.75, 3.05) is 0 Å². The van der Waals surface area contributed by atoms with E-state index in [4.69, 9.17) is 0 Å². The number of pyridine rings is 1. The molecule has 0 saturated carbocycles. The fraction of sp³-hybridized carbons (Fsp3) is 0.350. The summed E-state index contributed by atoms with van der Waals surface area (Å²) in [5.74, 6) is 0.0798. The minimum Gasteiger partial charge on any atom is -0.351 e. The molecule has 3 rings (SSSR count). The third-order valence-corrected chi connectivity index (χ3v) is 4.55. The molecule has 146 valence electrons. The number of nitrogens with one attached hydrogen (secondary N) is 1. The van der Waals surface area contributed by atoms with Crippen molar-refractivity contribution >= 4 is 6.41 Å². The minimum atomic E-state index is -0.533. The number of rotatable bonds is 9. The van der Waals surface area contributed by atoms with Crippen LogP contribution in [0, 0.1) is 5.95 Å². The molecular formula is C20H23FN6O. The number of carbonyl (C=O) groups excluding carboxylic acids is 1. The van der Waals surface area contributed by atoms with Crippen LogP contribution in [-0.2, 0) is 24.2 Å². The van der Waals surface area contributed by atoms with E-state index in [1.54, 1.807) is 18.3 Å². The molecular weight excluding hydrogens is 359 g/mol. The molecule has 0 bridgehead atoms. The number of amides is 1. The average Bonchev–Trinajstić information content (AvgIpc) is 3.16. The van der Waals surface area contributed by atoms with Crippen molar-refractivity contribution in [1.29, 1.82) is 0 Å². The Balaban J connectivity index is 1.85. The van der Waals surface area contributed by atoms with Crippen molar-refractivity contribution < 1.29 is 9.18 Å². The highest BCUT2D eigenvalue weighted by atomic mass is 19.1. The fourth-order valence-electron chi connectivity index (χ4n) is 3.24. The highest BCUT2D eigenvalue weighted by molar-refractivity contribution is 5.49. The maximum atomic E-state index is 13.5. The molecule has 0 aliphatic heterocycles. The van der Waals surface area contributed by atoms with Crippen LogP contribution in [0.2, 0.25) is 0 Å². The van der Waals surface area contributed by atoms with Gasteiger partial charge in [0.15, 0.2) is 5.82 Å². The molecule has 0 aliphatic carbocycles. The van der Waals surface area contributed by atoms with Gasteiger partial charge >= 0.3 is 0 Å². The van der Waals surface area contributed by atoms with E-state index in [0.29, 0.717) is 30.9 Å². The number of aromatic nitrogens is 5. The molecule has 0 radical (unpaired) electrons. The van der Waals surface area contributed by atoms with Gasteiger partial charge in [0.2, 0.25) is 12.4 Å². The van der Waals surface area contributed by atoms with Gasteiger partial charge in [0.05, 0.1) is 11.7 Å². The van der Waals surface area contributed by atoms with Crippen molar-refractivity contribution in [3.63, 3.8) is 0 Å². The molecule has 0 spiro atoms. The quantitative estimate of drug-likeness (QED) is 0.454. The van der Waals surface area contributed by atoms with Crippen LogP contribution >= 0.6 is 0 Å². The van der Waals surface area contributed by atoms with Gasteiger partial charge in [-0.15, -0.1) is 0 Å². The lowest BCUT2D eigenvalue weighted by Crippen LogP contribution is -2.20. The van der Waals surface area contributed by atoms with Crippen LogP contribution in [0.4, 0.5) is 4.39 Å². The van der Waals surface area contributed by atoms with E-state index in [0.717, 1.165) is 29.8 Å². The smallest absolute Gasteiger partial charge is 0.213 e. The zero-order chi connectivity index (χ0) is 19.9. The number of hydrogen-bond acceptors (Lipinski definition) is 5. The molecule has 3 heterocycles. The molecule has 0 fully saturated rings. The maximum absolute atomic E-state index is 13.5. The first-order valence-corrected chi connectivity index (χ1v) is 9.30. The van der Waals surface area contributed by atoms with E-state index in [1.807, 2.05) is 17.7 Å². The summed E-state index contributed by atoms with van der Waals surface area (Å²) in [7, 11) is 0. The minimum absolute atomic E-state index is 0.180. The van der Waals surface area contributed by atoms with Crippen LogP contribution in [-0.4, -0.2) is 30.9 Å². The van der Waals surface area contributed by atoms with Crippen molar-refractivity contribution in [2.45, 2.75) is 45.7 Å². The predicted octanol–water partition coefficient (Wildman–Crippen LogP) is 2.88. The number of nitrogens with zero attached hydrogens (tertiary/aromatic N) is 5. The SMILES string of the molecule is CCCc1c(CCn2ccnc2-c2cccc(F)n2)ncnc1C(C)NC=O. The van der Waals surface area contributed by atoms with Gasteiger partial charge in [0.25, 0.3) is 0 Å². The van der Waals surface area contributed by atoms with Crippen LogP contribution < -0.4 is 5.32 Å². The summed E-state index contributed by atoms with van der Waals surface area (Å²) in [6, 6.07) is 4.49. The number of halogens is 1. The zero-order valence-electron chi connectivity index (χ0n) is 16.0. The molecule has 28 heavy (non-hydrogen) atoms. The fourth-order valence-corrected chi connectivity index (χ4v) is 3.24. The summed E-state index contributed by atoms with van der Waals surface area (Å²) in [4.78, 5) is 27.9. The Labute approximate surface area is 163 Å². The summed E-state index contributed by atoms with van der Waals surface area (Å²) >= 11 is 0. The van der Waals surface area contributed by atoms with Gasteiger partial charge in [0, 0.05) is 31.1 Å². The van der Waals surface area contributed by atoms with Gasteiger partial charge < -0.3 is 9.88 Å². The van der Waals surface area contributed by atoms with Crippen LogP contribution in [0.3, 0.4) is 0 Å². The highest BCUT2D eigenvalue weighted by Crippen LogP contribution is 2.21. The topological polar surface area (TPSA) is 85.6 Å². The Kier molecular flexibility index (Phi) is 6.41. The maximum Gasteiger partial charge on any atom is 0.213 e. The predicted molar refractivity (Wildman–Crippen MR) is 103 cm³/mol. The van der Waals surface area contributed by atoms with E-state index >= 15 is 0 Å². The van der Waals surface area contributed by atoms with Crippen LogP contribution in [0.5, 0.6) is 0 Å². The van der Waals surface area contributed by atoms with Gasteiger partial charge in [0.1, 0.15) is 12.0 Å². The first-order chi connectivity index (χ1) is 13.6. The monoisotopic (exact) mass is 382 g/mol. The van der Waals surface area contributed by atoms with Crippen molar-refractivity contribution in [1.82, 2.24) is 29.8 Å². The normalized spacial score (nSPS) is 12.0.